The summed E-state index contributed by atoms with van der Waals surface area (Å²) < 4.78 is 4.71. The van der Waals surface area contributed by atoms with E-state index < -0.39 is 22.4 Å². The van der Waals surface area contributed by atoms with Crippen LogP contribution in [0, 0.1) is 0 Å². The lowest BCUT2D eigenvalue weighted by Crippen LogP contribution is -2.51. The second-order valence-corrected chi connectivity index (χ2v) is 11.9. The summed E-state index contributed by atoms with van der Waals surface area (Å²) in [5.74, 6) is -0.462. The second-order valence-electron chi connectivity index (χ2n) is 10.3. The second kappa shape index (κ2) is 11.8. The van der Waals surface area contributed by atoms with Crippen LogP contribution in [0.15, 0.2) is 71.6 Å². The number of nitrogens with one attached hydrogen (secondary N) is 1. The molecular formula is C30H37NO4S. The number of rotatable bonds is 10. The third kappa shape index (κ3) is 7.50. The highest BCUT2D eigenvalue weighted by atomic mass is 32.2. The van der Waals surface area contributed by atoms with Crippen molar-refractivity contribution < 1.29 is 19.4 Å². The van der Waals surface area contributed by atoms with Crippen molar-refractivity contribution in [1.29, 1.82) is 0 Å². The van der Waals surface area contributed by atoms with Crippen LogP contribution in [0.3, 0.4) is 0 Å². The number of hydrogen-bond acceptors (Lipinski definition) is 5. The van der Waals surface area contributed by atoms with Gasteiger partial charge in [0.2, 0.25) is 5.91 Å². The van der Waals surface area contributed by atoms with Crippen LogP contribution in [0.25, 0.3) is 10.8 Å². The number of thioether (sulfide) groups is 1. The molecule has 0 aromatic heterocycles. The van der Waals surface area contributed by atoms with Crippen molar-refractivity contribution in [2.45, 2.75) is 81.6 Å². The number of phenols is 1. The van der Waals surface area contributed by atoms with Crippen LogP contribution in [0.1, 0.15) is 59.4 Å². The Morgan fingerprint density at radius 1 is 0.972 bits per heavy atom. The maximum atomic E-state index is 13.9. The van der Waals surface area contributed by atoms with Gasteiger partial charge < -0.3 is 15.2 Å². The molecule has 0 unspecified atom stereocenters. The Hall–Kier alpha value is -2.99. The van der Waals surface area contributed by atoms with Gasteiger partial charge in [-0.25, -0.2) is 4.79 Å². The molecule has 1 amide bonds. The Morgan fingerprint density at radius 2 is 1.64 bits per heavy atom. The molecule has 0 saturated heterocycles. The molecule has 6 heteroatoms. The van der Waals surface area contributed by atoms with Crippen molar-refractivity contribution in [2.75, 3.05) is 0 Å². The fourth-order valence-electron chi connectivity index (χ4n) is 4.09. The standard InChI is InChI=1S/C30H37NO4S/c1-6-7-15-26(27(33)35-29(2,3)4)31-28(34)30(5,36-24-18-16-23(32)17-19-24)20-22-13-10-12-21-11-8-9-14-25(21)22/h8-14,16-19,26,32H,6-7,15,20H2,1-5H3,(H,31,34)/t26-,30-/m0/s1. The third-order valence-corrected chi connectivity index (χ3v) is 7.20. The highest BCUT2D eigenvalue weighted by Gasteiger charge is 2.38. The van der Waals surface area contributed by atoms with E-state index in [1.165, 1.54) is 11.8 Å². The highest BCUT2D eigenvalue weighted by Crippen LogP contribution is 2.38. The van der Waals surface area contributed by atoms with E-state index in [4.69, 9.17) is 4.74 Å². The van der Waals surface area contributed by atoms with Crippen molar-refractivity contribution in [3.63, 3.8) is 0 Å². The van der Waals surface area contributed by atoms with Crippen molar-refractivity contribution in [3.8, 4) is 5.75 Å². The maximum Gasteiger partial charge on any atom is 0.329 e. The number of amides is 1. The van der Waals surface area contributed by atoms with Crippen LogP contribution in [0.5, 0.6) is 5.75 Å². The monoisotopic (exact) mass is 507 g/mol. The molecule has 3 aromatic rings. The summed E-state index contributed by atoms with van der Waals surface area (Å²) in [5.41, 5.74) is 0.415. The van der Waals surface area contributed by atoms with Gasteiger partial charge in [0.1, 0.15) is 22.1 Å². The first-order valence-electron chi connectivity index (χ1n) is 12.5. The molecule has 0 spiro atoms. The minimum absolute atomic E-state index is 0.170. The van der Waals surface area contributed by atoms with Gasteiger partial charge in [-0.3, -0.25) is 4.79 Å². The van der Waals surface area contributed by atoms with E-state index in [0.29, 0.717) is 12.8 Å². The van der Waals surface area contributed by atoms with Crippen LogP contribution in [-0.4, -0.2) is 33.4 Å². The molecule has 36 heavy (non-hydrogen) atoms. The zero-order valence-corrected chi connectivity index (χ0v) is 22.7. The number of unbranched alkanes of at least 4 members (excludes halogenated alkanes) is 1. The van der Waals surface area contributed by atoms with Crippen LogP contribution >= 0.6 is 11.8 Å². The molecule has 3 aromatic carbocycles. The molecule has 2 N–H and O–H groups in total. The lowest BCUT2D eigenvalue weighted by molar-refractivity contribution is -0.159. The molecule has 0 aliphatic heterocycles. The van der Waals surface area contributed by atoms with Gasteiger partial charge in [0.05, 0.1) is 0 Å². The zero-order valence-electron chi connectivity index (χ0n) is 21.8. The Balaban J connectivity index is 1.95. The Morgan fingerprint density at radius 3 is 2.31 bits per heavy atom. The third-order valence-electron chi connectivity index (χ3n) is 5.91. The molecule has 0 bridgehead atoms. The van der Waals surface area contributed by atoms with Gasteiger partial charge >= 0.3 is 5.97 Å². The van der Waals surface area contributed by atoms with Crippen molar-refractivity contribution in [2.24, 2.45) is 0 Å². The molecule has 3 rings (SSSR count). The number of aromatic hydroxyl groups is 1. The van der Waals surface area contributed by atoms with E-state index in [-0.39, 0.29) is 11.7 Å². The summed E-state index contributed by atoms with van der Waals surface area (Å²) in [6.07, 6.45) is 2.69. The SMILES string of the molecule is CCCC[C@H](NC(=O)[C@](C)(Cc1cccc2ccccc12)Sc1ccc(O)cc1)C(=O)OC(C)(C)C. The minimum atomic E-state index is -0.923. The number of ether oxygens (including phenoxy) is 1. The minimum Gasteiger partial charge on any atom is -0.508 e. The average molecular weight is 508 g/mol. The Kier molecular flexibility index (Phi) is 9.07. The maximum absolute atomic E-state index is 13.9. The van der Waals surface area contributed by atoms with E-state index in [9.17, 15) is 14.7 Å². The highest BCUT2D eigenvalue weighted by molar-refractivity contribution is 8.01. The number of esters is 1. The predicted molar refractivity (Wildman–Crippen MR) is 147 cm³/mol. The van der Waals surface area contributed by atoms with E-state index in [1.54, 1.807) is 24.3 Å². The summed E-state index contributed by atoms with van der Waals surface area (Å²) in [7, 11) is 0. The molecule has 5 nitrogen and oxygen atoms in total. The van der Waals surface area contributed by atoms with Gasteiger partial charge in [-0.1, -0.05) is 62.2 Å². The molecule has 0 saturated carbocycles. The summed E-state index contributed by atoms with van der Waals surface area (Å²) >= 11 is 1.43. The van der Waals surface area contributed by atoms with Gasteiger partial charge in [-0.15, -0.1) is 11.8 Å². The van der Waals surface area contributed by atoms with Gasteiger partial charge in [-0.05, 0) is 81.1 Å². The average Bonchev–Trinajstić information content (AvgIpc) is 2.82. The summed E-state index contributed by atoms with van der Waals surface area (Å²) in [4.78, 5) is 27.8. The van der Waals surface area contributed by atoms with Gasteiger partial charge in [0.25, 0.3) is 0 Å². The molecule has 2 atom stereocenters. The molecule has 0 aliphatic rings. The number of phenolic OH excluding ortho intramolecular Hbond substituents is 1. The number of benzene rings is 3. The van der Waals surface area contributed by atoms with Crippen molar-refractivity contribution in [1.82, 2.24) is 5.32 Å². The quantitative estimate of drug-likeness (QED) is 0.237. The molecule has 0 radical (unpaired) electrons. The number of carbonyl (C=O) groups excluding carboxylic acids is 2. The van der Waals surface area contributed by atoms with Crippen molar-refractivity contribution >= 4 is 34.4 Å². The first-order valence-corrected chi connectivity index (χ1v) is 13.3. The predicted octanol–water partition coefficient (Wildman–Crippen LogP) is 6.66. The number of fused-ring (bicyclic) bond motifs is 1. The Labute approximate surface area is 218 Å². The van der Waals surface area contributed by atoms with Crippen LogP contribution < -0.4 is 5.32 Å². The first kappa shape index (κ1) is 27.6. The smallest absolute Gasteiger partial charge is 0.329 e. The van der Waals surface area contributed by atoms with Gasteiger partial charge in [-0.2, -0.15) is 0 Å². The molecular weight excluding hydrogens is 470 g/mol. The van der Waals surface area contributed by atoms with Gasteiger partial charge in [0.15, 0.2) is 0 Å². The molecule has 0 fully saturated rings. The first-order chi connectivity index (χ1) is 17.0. The van der Waals surface area contributed by atoms with Crippen LogP contribution in [0.2, 0.25) is 0 Å². The summed E-state index contributed by atoms with van der Waals surface area (Å²) in [5, 5.41) is 15.0. The molecule has 192 valence electrons. The van der Waals surface area contributed by atoms with Crippen molar-refractivity contribution in [3.05, 3.63) is 72.3 Å². The molecule has 0 heterocycles. The summed E-state index contributed by atoms with van der Waals surface area (Å²) in [6, 6.07) is 20.4. The summed E-state index contributed by atoms with van der Waals surface area (Å²) in [6.45, 7) is 9.45. The lowest BCUT2D eigenvalue weighted by Gasteiger charge is -2.31. The van der Waals surface area contributed by atoms with E-state index >= 15 is 0 Å². The topological polar surface area (TPSA) is 75.6 Å². The number of carbonyl (C=O) groups is 2. The van der Waals surface area contributed by atoms with E-state index in [2.05, 4.69) is 30.4 Å². The lowest BCUT2D eigenvalue weighted by atomic mass is 9.94. The Bertz CT molecular complexity index is 1180. The van der Waals surface area contributed by atoms with E-state index in [1.807, 2.05) is 52.0 Å². The zero-order chi connectivity index (χ0) is 26.3. The molecule has 0 aliphatic carbocycles. The fraction of sp³-hybridized carbons (Fsp3) is 0.400. The van der Waals surface area contributed by atoms with Gasteiger partial charge in [0, 0.05) is 4.90 Å². The number of hydrogen-bond donors (Lipinski definition) is 2. The van der Waals surface area contributed by atoms with Crippen LogP contribution in [0.4, 0.5) is 0 Å². The van der Waals surface area contributed by atoms with E-state index in [0.717, 1.165) is 34.1 Å². The fourth-order valence-corrected chi connectivity index (χ4v) is 5.26. The normalized spacial score (nSPS) is 14.1. The largest absolute Gasteiger partial charge is 0.508 e. The van der Waals surface area contributed by atoms with Crippen LogP contribution in [-0.2, 0) is 20.7 Å².